The summed E-state index contributed by atoms with van der Waals surface area (Å²) in [5, 5.41) is 24.1. The average molecular weight is 658 g/mol. The van der Waals surface area contributed by atoms with Crippen LogP contribution in [0, 0.1) is 34.0 Å². The topological polar surface area (TPSA) is 229 Å². The van der Waals surface area contributed by atoms with Crippen LogP contribution in [0.2, 0.25) is 0 Å². The van der Waals surface area contributed by atoms with E-state index < -0.39 is 33.0 Å². The van der Waals surface area contributed by atoms with E-state index in [0.29, 0.717) is 13.7 Å². The van der Waals surface area contributed by atoms with Crippen LogP contribution < -0.4 is 17.1 Å². The number of nitriles is 3. The van der Waals surface area contributed by atoms with Crippen LogP contribution in [0.25, 0.3) is 0 Å². The predicted molar refractivity (Wildman–Crippen MR) is 155 cm³/mol. The molecular weight excluding hydrogens is 637 g/mol. The minimum atomic E-state index is -0.996. The first-order chi connectivity index (χ1) is 18.8. The molecule has 1 aromatic heterocycles. The predicted octanol–water partition coefficient (Wildman–Crippen LogP) is 0.316. The van der Waals surface area contributed by atoms with Crippen molar-refractivity contribution in [1.29, 1.82) is 15.8 Å². The molecule has 0 aromatic carbocycles. The Kier molecular flexibility index (Phi) is 17.9. The van der Waals surface area contributed by atoms with Crippen LogP contribution >= 0.6 is 64.8 Å². The van der Waals surface area contributed by atoms with E-state index in [1.807, 2.05) is 18.2 Å². The summed E-state index contributed by atoms with van der Waals surface area (Å²) in [7, 11) is 5.38. The van der Waals surface area contributed by atoms with Gasteiger partial charge in [0.05, 0.1) is 87.5 Å². The maximum atomic E-state index is 12.9. The van der Waals surface area contributed by atoms with Crippen LogP contribution in [0.3, 0.4) is 0 Å². The van der Waals surface area contributed by atoms with Gasteiger partial charge < -0.3 is 28.6 Å². The lowest BCUT2D eigenvalue weighted by Gasteiger charge is -2.11. The molecule has 0 atom stereocenters. The van der Waals surface area contributed by atoms with E-state index >= 15 is 0 Å². The van der Waals surface area contributed by atoms with Gasteiger partial charge in [0, 0.05) is 0 Å². The van der Waals surface area contributed by atoms with Crippen molar-refractivity contribution >= 4 is 80.7 Å². The van der Waals surface area contributed by atoms with Gasteiger partial charge in [-0.05, 0) is 0 Å². The molecule has 0 amide bonds. The molecule has 0 saturated carbocycles. The highest BCUT2D eigenvalue weighted by Crippen LogP contribution is 2.22. The molecule has 39 heavy (non-hydrogen) atoms. The monoisotopic (exact) mass is 657 g/mol. The molecule has 0 bridgehead atoms. The number of carbonyl (C=O) groups excluding carboxylic acids is 3. The summed E-state index contributed by atoms with van der Waals surface area (Å²) in [6, 6.07) is 5.60. The molecule has 0 radical (unpaired) electrons. The first kappa shape index (κ1) is 34.4. The molecule has 0 fully saturated rings. The molecule has 1 rings (SSSR count). The van der Waals surface area contributed by atoms with Crippen molar-refractivity contribution in [2.75, 3.05) is 37.1 Å². The second kappa shape index (κ2) is 20.3. The van der Waals surface area contributed by atoms with Gasteiger partial charge in [-0.2, -0.15) is 15.8 Å². The fourth-order valence-corrected chi connectivity index (χ4v) is 5.70. The zero-order chi connectivity index (χ0) is 29.0. The molecule has 210 valence electrons. The van der Waals surface area contributed by atoms with Gasteiger partial charge in [0.1, 0.15) is 0 Å². The first-order valence-corrected chi connectivity index (χ1v) is 17.2. The van der Waals surface area contributed by atoms with Crippen molar-refractivity contribution in [2.24, 2.45) is 0 Å². The molecule has 0 aliphatic carbocycles. The molecule has 0 saturated heterocycles. The third-order valence-electron chi connectivity index (χ3n) is 3.77. The van der Waals surface area contributed by atoms with Gasteiger partial charge in [-0.25, -0.2) is 28.1 Å². The van der Waals surface area contributed by atoms with E-state index in [9.17, 15) is 28.8 Å². The van der Waals surface area contributed by atoms with Crippen LogP contribution in [-0.4, -0.2) is 81.1 Å². The van der Waals surface area contributed by atoms with Crippen molar-refractivity contribution in [1.82, 2.24) is 13.7 Å². The summed E-state index contributed by atoms with van der Waals surface area (Å²) in [6.07, 6.45) is 0. The van der Waals surface area contributed by atoms with E-state index in [4.69, 9.17) is 30.0 Å². The van der Waals surface area contributed by atoms with Crippen LogP contribution in [0.4, 0.5) is 0 Å². The summed E-state index contributed by atoms with van der Waals surface area (Å²) in [6.45, 7) is -2.05. The fraction of sp³-hybridized carbons (Fsp3) is 0.500. The highest BCUT2D eigenvalue weighted by Gasteiger charge is 2.22. The van der Waals surface area contributed by atoms with Crippen LogP contribution in [0.1, 0.15) is 0 Å². The molecule has 1 aromatic rings. The highest BCUT2D eigenvalue weighted by atomic mass is 33.1. The summed E-state index contributed by atoms with van der Waals surface area (Å²) >= 11 is 0. The minimum Gasteiger partial charge on any atom is -0.329 e. The molecule has 0 aliphatic heterocycles. The van der Waals surface area contributed by atoms with Gasteiger partial charge in [0.2, 0.25) is 19.8 Å². The van der Waals surface area contributed by atoms with E-state index in [0.717, 1.165) is 64.8 Å². The van der Waals surface area contributed by atoms with Gasteiger partial charge >= 0.3 is 33.0 Å². The molecule has 0 spiro atoms. The highest BCUT2D eigenvalue weighted by molar-refractivity contribution is 8.82. The minimum absolute atomic E-state index is 0.0857. The summed E-state index contributed by atoms with van der Waals surface area (Å²) < 4.78 is 17.3. The number of aromatic nitrogens is 3. The second-order valence-corrected chi connectivity index (χ2v) is 12.9. The Bertz CT molecular complexity index is 1120. The van der Waals surface area contributed by atoms with Crippen LogP contribution in [0.5, 0.6) is 0 Å². The van der Waals surface area contributed by atoms with Gasteiger partial charge in [-0.3, -0.25) is 0 Å². The number of hydrogen-bond donors (Lipinski definition) is 0. The second-order valence-electron chi connectivity index (χ2n) is 6.16. The number of rotatable bonds is 15. The van der Waals surface area contributed by atoms with Crippen molar-refractivity contribution in [3.8, 4) is 18.2 Å². The summed E-state index contributed by atoms with van der Waals surface area (Å²) in [5.74, 6) is 0.257. The van der Waals surface area contributed by atoms with Crippen molar-refractivity contribution < 1.29 is 28.6 Å². The summed E-state index contributed by atoms with van der Waals surface area (Å²) in [5.41, 5.74) is -2.99. The quantitative estimate of drug-likeness (QED) is 0.0812. The molecule has 1 heterocycles. The lowest BCUT2D eigenvalue weighted by molar-refractivity contribution is 0.237. The number of nitrogens with zero attached hydrogens (tertiary/aromatic N) is 6. The Morgan fingerprint density at radius 3 is 1.08 bits per heavy atom. The Hall–Kier alpha value is -2.61. The molecule has 0 unspecified atom stereocenters. The van der Waals surface area contributed by atoms with E-state index in [2.05, 4.69) is 0 Å². The molecule has 3 N–H and O–H groups in total. The van der Waals surface area contributed by atoms with Gasteiger partial charge in [0.25, 0.3) is 0 Å². The lowest BCUT2D eigenvalue weighted by Crippen LogP contribution is -2.55. The third kappa shape index (κ3) is 13.3. The van der Waals surface area contributed by atoms with Gasteiger partial charge in [0.15, 0.2) is 0 Å². The average Bonchev–Trinajstić information content (AvgIpc) is 2.90. The SMILES string of the molecule is N#CCSSC(=[OH+])OCCn1c(=O)n(CCOC(=[OH+])SSCC#N)c(=O)n(CCOC(=[OH+])SSCC#N)c1=O. The van der Waals surface area contributed by atoms with Crippen LogP contribution in [-0.2, 0) is 33.8 Å². The Morgan fingerprint density at radius 1 is 0.590 bits per heavy atom. The van der Waals surface area contributed by atoms with E-state index in [1.165, 1.54) is 0 Å². The number of ether oxygens (including phenoxy) is 3. The van der Waals surface area contributed by atoms with Crippen molar-refractivity contribution in [3.05, 3.63) is 31.5 Å². The maximum Gasteiger partial charge on any atom is 0.561 e. The largest absolute Gasteiger partial charge is 0.561 e. The molecule has 21 heteroatoms. The van der Waals surface area contributed by atoms with Crippen molar-refractivity contribution in [2.45, 2.75) is 19.6 Å². The molecule has 0 aliphatic rings. The van der Waals surface area contributed by atoms with Crippen LogP contribution in [0.15, 0.2) is 14.4 Å². The Labute approximate surface area is 244 Å². The zero-order valence-electron chi connectivity index (χ0n) is 19.8. The maximum absolute atomic E-state index is 12.9. The van der Waals surface area contributed by atoms with Gasteiger partial charge in [-0.1, -0.05) is 32.4 Å². The molecular formula is C18H21N6O9S6+3. The summed E-state index contributed by atoms with van der Waals surface area (Å²) in [4.78, 5) is 67.9. The first-order valence-electron chi connectivity index (χ1n) is 10.3. The van der Waals surface area contributed by atoms with Crippen molar-refractivity contribution in [3.63, 3.8) is 0 Å². The van der Waals surface area contributed by atoms with Gasteiger partial charge in [-0.15, -0.1) is 0 Å². The van der Waals surface area contributed by atoms with E-state index in [1.54, 1.807) is 0 Å². The normalized spacial score (nSPS) is 10.1. The smallest absolute Gasteiger partial charge is 0.329 e. The zero-order valence-corrected chi connectivity index (χ0v) is 24.7. The third-order valence-corrected chi connectivity index (χ3v) is 9.05. The van der Waals surface area contributed by atoms with E-state index in [-0.39, 0.29) is 56.7 Å². The molecule has 15 nitrogen and oxygen atoms in total. The Morgan fingerprint density at radius 2 is 0.846 bits per heavy atom. The Balaban J connectivity index is 3.03. The fourth-order valence-electron chi connectivity index (χ4n) is 2.32. The number of hydrogen-bond acceptors (Lipinski definition) is 15. The standard InChI is InChI=1S/C18H18N6O9S6/c19-1-10-34-37-16(28)31-7-4-22-13(25)23(5-8-32-17(29)38-35-11-2-20)15(27)24(14(22)26)6-9-33-18(30)39-36-12-3-21/h4-12H2/p+3. The lowest BCUT2D eigenvalue weighted by atomic mass is 10.6.